The van der Waals surface area contributed by atoms with Gasteiger partial charge in [0, 0.05) is 21.5 Å². The van der Waals surface area contributed by atoms with Crippen LogP contribution in [0, 0.1) is 0 Å². The molecule has 5 aromatic rings. The molecule has 0 spiro atoms. The lowest BCUT2D eigenvalue weighted by Gasteiger charge is -2.26. The lowest BCUT2D eigenvalue weighted by molar-refractivity contribution is 1.29. The van der Waals surface area contributed by atoms with E-state index >= 15 is 0 Å². The Balaban J connectivity index is 1.60. The first kappa shape index (κ1) is 18.7. The van der Waals surface area contributed by atoms with E-state index < -0.39 is 0 Å². The highest BCUT2D eigenvalue weighted by atomic mass is 79.9. The third kappa shape index (κ3) is 3.74. The van der Waals surface area contributed by atoms with Gasteiger partial charge in [0.05, 0.1) is 0 Å². The number of nitrogens with zero attached hydrogens (tertiary/aromatic N) is 1. The van der Waals surface area contributed by atoms with Crippen LogP contribution < -0.4 is 4.90 Å². The molecule has 0 aliphatic heterocycles. The van der Waals surface area contributed by atoms with Crippen molar-refractivity contribution in [3.05, 3.63) is 126 Å². The van der Waals surface area contributed by atoms with E-state index in [4.69, 9.17) is 0 Å². The molecule has 2 heteroatoms. The fraction of sp³-hybridized carbons (Fsp3) is 0. The summed E-state index contributed by atoms with van der Waals surface area (Å²) in [6, 6.07) is 42.8. The number of fused-ring (bicyclic) bond motifs is 1. The number of rotatable bonds is 4. The normalized spacial score (nSPS) is 10.8. The third-order valence-electron chi connectivity index (χ3n) is 5.29. The Morgan fingerprint density at radius 3 is 1.70 bits per heavy atom. The van der Waals surface area contributed by atoms with Crippen molar-refractivity contribution in [2.45, 2.75) is 0 Å². The van der Waals surface area contributed by atoms with E-state index in [1.807, 2.05) is 6.07 Å². The fourth-order valence-electron chi connectivity index (χ4n) is 3.80. The van der Waals surface area contributed by atoms with E-state index in [0.717, 1.165) is 21.5 Å². The molecule has 0 saturated heterocycles. The van der Waals surface area contributed by atoms with Crippen LogP contribution in [0.2, 0.25) is 0 Å². The standard InChI is InChI=1S/C28H20BrN/c29-25-15-11-24-20-28(18-14-23(24)19-25)30(26-9-5-2-6-10-26)27-16-12-22(13-17-27)21-7-3-1-4-8-21/h1-20H. The number of benzene rings is 5. The van der Waals surface area contributed by atoms with Crippen molar-refractivity contribution < 1.29 is 0 Å². The average Bonchev–Trinajstić information content (AvgIpc) is 2.81. The van der Waals surface area contributed by atoms with Gasteiger partial charge >= 0.3 is 0 Å². The minimum Gasteiger partial charge on any atom is -0.310 e. The lowest BCUT2D eigenvalue weighted by Crippen LogP contribution is -2.09. The minimum atomic E-state index is 1.10. The molecule has 0 N–H and O–H groups in total. The van der Waals surface area contributed by atoms with Crippen molar-refractivity contribution in [1.82, 2.24) is 0 Å². The Kier molecular flexibility index (Phi) is 5.08. The summed E-state index contributed by atoms with van der Waals surface area (Å²) < 4.78 is 1.10. The second-order valence-corrected chi connectivity index (χ2v) is 8.18. The Labute approximate surface area is 185 Å². The van der Waals surface area contributed by atoms with E-state index in [-0.39, 0.29) is 0 Å². The second kappa shape index (κ2) is 8.17. The lowest BCUT2D eigenvalue weighted by atomic mass is 10.0. The summed E-state index contributed by atoms with van der Waals surface area (Å²) in [5.74, 6) is 0. The van der Waals surface area contributed by atoms with E-state index in [1.165, 1.54) is 21.9 Å². The quantitative estimate of drug-likeness (QED) is 0.265. The molecule has 0 radical (unpaired) electrons. The summed E-state index contributed by atoms with van der Waals surface area (Å²) in [4.78, 5) is 2.30. The molecule has 0 atom stereocenters. The number of hydrogen-bond donors (Lipinski definition) is 0. The SMILES string of the molecule is Brc1ccc2cc(N(c3ccccc3)c3ccc(-c4ccccc4)cc3)ccc2c1. The zero-order valence-corrected chi connectivity index (χ0v) is 18.0. The second-order valence-electron chi connectivity index (χ2n) is 7.26. The molecule has 5 rings (SSSR count). The van der Waals surface area contributed by atoms with Crippen LogP contribution in [-0.4, -0.2) is 0 Å². The highest BCUT2D eigenvalue weighted by Crippen LogP contribution is 2.37. The van der Waals surface area contributed by atoms with Crippen molar-refractivity contribution in [3.8, 4) is 11.1 Å². The number of anilines is 3. The van der Waals surface area contributed by atoms with Gasteiger partial charge in [-0.3, -0.25) is 0 Å². The summed E-state index contributed by atoms with van der Waals surface area (Å²) in [5, 5.41) is 2.44. The van der Waals surface area contributed by atoms with Gasteiger partial charge in [-0.25, -0.2) is 0 Å². The highest BCUT2D eigenvalue weighted by molar-refractivity contribution is 9.10. The monoisotopic (exact) mass is 449 g/mol. The van der Waals surface area contributed by atoms with Gasteiger partial charge in [-0.05, 0) is 70.4 Å². The molecule has 0 amide bonds. The van der Waals surface area contributed by atoms with Crippen LogP contribution in [0.1, 0.15) is 0 Å². The molecular weight excluding hydrogens is 430 g/mol. The predicted octanol–water partition coefficient (Wildman–Crippen LogP) is 8.74. The molecular formula is C28H20BrN. The molecule has 0 unspecified atom stereocenters. The molecule has 144 valence electrons. The van der Waals surface area contributed by atoms with Crippen molar-refractivity contribution in [1.29, 1.82) is 0 Å². The maximum Gasteiger partial charge on any atom is 0.0468 e. The topological polar surface area (TPSA) is 3.24 Å². The maximum atomic E-state index is 3.57. The van der Waals surface area contributed by atoms with Gasteiger partial charge in [-0.2, -0.15) is 0 Å². The first-order valence-electron chi connectivity index (χ1n) is 9.98. The maximum absolute atomic E-state index is 3.57. The third-order valence-corrected chi connectivity index (χ3v) is 5.78. The van der Waals surface area contributed by atoms with Gasteiger partial charge in [0.1, 0.15) is 0 Å². The summed E-state index contributed by atoms with van der Waals surface area (Å²) in [6.07, 6.45) is 0. The fourth-order valence-corrected chi connectivity index (χ4v) is 4.18. The zero-order chi connectivity index (χ0) is 20.3. The molecule has 0 aromatic heterocycles. The molecule has 0 heterocycles. The van der Waals surface area contributed by atoms with E-state index in [2.05, 4.69) is 136 Å². The van der Waals surface area contributed by atoms with Crippen molar-refractivity contribution in [2.75, 3.05) is 4.90 Å². The summed E-state index contributed by atoms with van der Waals surface area (Å²) in [5.41, 5.74) is 5.87. The van der Waals surface area contributed by atoms with Gasteiger partial charge in [0.15, 0.2) is 0 Å². The van der Waals surface area contributed by atoms with Crippen LogP contribution in [0.5, 0.6) is 0 Å². The Hall–Kier alpha value is -3.36. The molecule has 30 heavy (non-hydrogen) atoms. The van der Waals surface area contributed by atoms with Gasteiger partial charge < -0.3 is 4.90 Å². The van der Waals surface area contributed by atoms with Crippen molar-refractivity contribution in [2.24, 2.45) is 0 Å². The average molecular weight is 450 g/mol. The molecule has 0 bridgehead atoms. The van der Waals surface area contributed by atoms with Crippen LogP contribution in [-0.2, 0) is 0 Å². The van der Waals surface area contributed by atoms with Crippen LogP contribution in [0.3, 0.4) is 0 Å². The molecule has 0 fully saturated rings. The highest BCUT2D eigenvalue weighted by Gasteiger charge is 2.13. The van der Waals surface area contributed by atoms with E-state index in [0.29, 0.717) is 0 Å². The number of para-hydroxylation sites is 1. The Bertz CT molecular complexity index is 1280. The molecule has 5 aromatic carbocycles. The van der Waals surface area contributed by atoms with Gasteiger partial charge in [-0.15, -0.1) is 0 Å². The van der Waals surface area contributed by atoms with Crippen LogP contribution in [0.25, 0.3) is 21.9 Å². The van der Waals surface area contributed by atoms with Crippen LogP contribution >= 0.6 is 15.9 Å². The zero-order valence-electron chi connectivity index (χ0n) is 16.4. The van der Waals surface area contributed by atoms with Crippen LogP contribution in [0.4, 0.5) is 17.1 Å². The Morgan fingerprint density at radius 1 is 0.433 bits per heavy atom. The van der Waals surface area contributed by atoms with Gasteiger partial charge in [0.25, 0.3) is 0 Å². The molecule has 0 aliphatic carbocycles. The predicted molar refractivity (Wildman–Crippen MR) is 132 cm³/mol. The van der Waals surface area contributed by atoms with Gasteiger partial charge in [-0.1, -0.05) is 88.7 Å². The summed E-state index contributed by atoms with van der Waals surface area (Å²) in [6.45, 7) is 0. The first-order valence-corrected chi connectivity index (χ1v) is 10.8. The molecule has 0 saturated carbocycles. The molecule has 1 nitrogen and oxygen atoms in total. The summed E-state index contributed by atoms with van der Waals surface area (Å²) >= 11 is 3.57. The summed E-state index contributed by atoms with van der Waals surface area (Å²) in [7, 11) is 0. The first-order chi connectivity index (χ1) is 14.8. The largest absolute Gasteiger partial charge is 0.310 e. The number of halogens is 1. The van der Waals surface area contributed by atoms with Gasteiger partial charge in [0.2, 0.25) is 0 Å². The Morgan fingerprint density at radius 2 is 0.967 bits per heavy atom. The van der Waals surface area contributed by atoms with E-state index in [1.54, 1.807) is 0 Å². The van der Waals surface area contributed by atoms with Crippen molar-refractivity contribution >= 4 is 43.8 Å². The number of hydrogen-bond acceptors (Lipinski definition) is 1. The van der Waals surface area contributed by atoms with E-state index in [9.17, 15) is 0 Å². The molecule has 0 aliphatic rings. The van der Waals surface area contributed by atoms with Crippen LogP contribution in [0.15, 0.2) is 126 Å². The smallest absolute Gasteiger partial charge is 0.0468 e. The minimum absolute atomic E-state index is 1.10. The van der Waals surface area contributed by atoms with Crippen molar-refractivity contribution in [3.63, 3.8) is 0 Å².